The van der Waals surface area contributed by atoms with Gasteiger partial charge in [-0.25, -0.2) is 4.98 Å². The number of benzene rings is 1. The van der Waals surface area contributed by atoms with Gasteiger partial charge in [-0.05, 0) is 12.1 Å². The van der Waals surface area contributed by atoms with Crippen LogP contribution < -0.4 is 0 Å². The standard InChI is InChI=1S/C14H11N3/c1-16-7-5-10-9-17-8-6-15-14(17)11-3-2-4-12(16)13(10)11/h2-9H,1H3. The number of rotatable bonds is 0. The first-order chi connectivity index (χ1) is 8.34. The molecule has 0 aliphatic heterocycles. The quantitative estimate of drug-likeness (QED) is 0.447. The maximum absolute atomic E-state index is 4.43. The van der Waals surface area contributed by atoms with Crippen LogP contribution in [0.4, 0.5) is 0 Å². The molecule has 0 atom stereocenters. The van der Waals surface area contributed by atoms with E-state index in [1.807, 2.05) is 12.4 Å². The molecule has 4 rings (SSSR count). The van der Waals surface area contributed by atoms with Crippen LogP contribution in [0.5, 0.6) is 0 Å². The van der Waals surface area contributed by atoms with Gasteiger partial charge >= 0.3 is 0 Å². The molecule has 0 saturated heterocycles. The Bertz CT molecular complexity index is 852. The van der Waals surface area contributed by atoms with Gasteiger partial charge in [0.25, 0.3) is 0 Å². The molecule has 3 heterocycles. The summed E-state index contributed by atoms with van der Waals surface area (Å²) in [5, 5.41) is 3.75. The van der Waals surface area contributed by atoms with Crippen LogP contribution in [0.15, 0.2) is 49.1 Å². The molecule has 0 N–H and O–H groups in total. The fourth-order valence-corrected chi connectivity index (χ4v) is 2.56. The lowest BCUT2D eigenvalue weighted by Crippen LogP contribution is -1.95. The van der Waals surface area contributed by atoms with Crippen LogP contribution >= 0.6 is 0 Å². The van der Waals surface area contributed by atoms with Crippen molar-refractivity contribution in [3.05, 3.63) is 49.1 Å². The van der Waals surface area contributed by atoms with E-state index in [1.54, 1.807) is 0 Å². The average molecular weight is 221 g/mol. The SMILES string of the molecule is Cn1ccc2cn3ccnc3c3cccc1c23. The molecule has 0 radical (unpaired) electrons. The lowest BCUT2D eigenvalue weighted by atomic mass is 10.1. The molecular weight excluding hydrogens is 210 g/mol. The highest BCUT2D eigenvalue weighted by atomic mass is 15.0. The molecule has 0 amide bonds. The topological polar surface area (TPSA) is 22.2 Å². The molecule has 0 bridgehead atoms. The fraction of sp³-hybridized carbons (Fsp3) is 0.0714. The van der Waals surface area contributed by atoms with Crippen molar-refractivity contribution in [2.45, 2.75) is 0 Å². The number of imidazole rings is 1. The summed E-state index contributed by atoms with van der Waals surface area (Å²) in [6.45, 7) is 0. The minimum atomic E-state index is 1.02. The number of pyridine rings is 2. The Balaban J connectivity index is 2.46. The summed E-state index contributed by atoms with van der Waals surface area (Å²) in [5.41, 5.74) is 2.26. The van der Waals surface area contributed by atoms with Gasteiger partial charge in [0.1, 0.15) is 5.65 Å². The van der Waals surface area contributed by atoms with Crippen molar-refractivity contribution < 1.29 is 0 Å². The Morgan fingerprint density at radius 2 is 2.06 bits per heavy atom. The van der Waals surface area contributed by atoms with Gasteiger partial charge < -0.3 is 8.97 Å². The molecule has 4 aromatic rings. The van der Waals surface area contributed by atoms with Gasteiger partial charge in [0.05, 0.1) is 0 Å². The third-order valence-corrected chi connectivity index (χ3v) is 3.38. The summed E-state index contributed by atoms with van der Waals surface area (Å²) in [6.07, 6.45) is 8.07. The summed E-state index contributed by atoms with van der Waals surface area (Å²) in [6, 6.07) is 8.52. The molecule has 82 valence electrons. The van der Waals surface area contributed by atoms with Crippen molar-refractivity contribution in [3.8, 4) is 0 Å². The van der Waals surface area contributed by atoms with E-state index >= 15 is 0 Å². The second-order valence-corrected chi connectivity index (χ2v) is 4.37. The number of fused-ring (bicyclic) bond motifs is 2. The van der Waals surface area contributed by atoms with E-state index in [0.717, 1.165) is 5.65 Å². The largest absolute Gasteiger partial charge is 0.351 e. The zero-order chi connectivity index (χ0) is 11.4. The maximum Gasteiger partial charge on any atom is 0.144 e. The highest BCUT2D eigenvalue weighted by Crippen LogP contribution is 2.28. The third-order valence-electron chi connectivity index (χ3n) is 3.38. The van der Waals surface area contributed by atoms with Gasteiger partial charge in [-0.15, -0.1) is 0 Å². The number of aryl methyl sites for hydroxylation is 1. The van der Waals surface area contributed by atoms with Gasteiger partial charge in [0.2, 0.25) is 0 Å². The summed E-state index contributed by atoms with van der Waals surface area (Å²) in [5.74, 6) is 0. The van der Waals surface area contributed by atoms with E-state index in [0.29, 0.717) is 0 Å². The summed E-state index contributed by atoms with van der Waals surface area (Å²) in [4.78, 5) is 4.43. The second-order valence-electron chi connectivity index (χ2n) is 4.37. The van der Waals surface area contributed by atoms with Crippen molar-refractivity contribution in [2.75, 3.05) is 0 Å². The lowest BCUT2D eigenvalue weighted by Gasteiger charge is -2.10. The lowest BCUT2D eigenvalue weighted by molar-refractivity contribution is 0.955. The van der Waals surface area contributed by atoms with E-state index in [-0.39, 0.29) is 0 Å². The van der Waals surface area contributed by atoms with Crippen LogP contribution in [0.25, 0.3) is 27.3 Å². The number of nitrogens with zero attached hydrogens (tertiary/aromatic N) is 3. The van der Waals surface area contributed by atoms with Crippen molar-refractivity contribution in [1.29, 1.82) is 0 Å². The molecule has 3 aromatic heterocycles. The van der Waals surface area contributed by atoms with E-state index in [1.165, 1.54) is 21.7 Å². The third kappa shape index (κ3) is 1.03. The molecule has 0 spiro atoms. The van der Waals surface area contributed by atoms with Crippen LogP contribution in [-0.2, 0) is 7.05 Å². The summed E-state index contributed by atoms with van der Waals surface area (Å²) >= 11 is 0. The first kappa shape index (κ1) is 8.82. The first-order valence-corrected chi connectivity index (χ1v) is 5.64. The van der Waals surface area contributed by atoms with E-state index in [4.69, 9.17) is 0 Å². The second kappa shape index (κ2) is 2.88. The normalized spacial score (nSPS) is 11.8. The van der Waals surface area contributed by atoms with Crippen LogP contribution in [0.1, 0.15) is 0 Å². The Hall–Kier alpha value is -2.29. The van der Waals surface area contributed by atoms with Crippen LogP contribution in [0, 0.1) is 0 Å². The van der Waals surface area contributed by atoms with Gasteiger partial charge in [-0.3, -0.25) is 0 Å². The minimum Gasteiger partial charge on any atom is -0.351 e. The fourth-order valence-electron chi connectivity index (χ4n) is 2.56. The van der Waals surface area contributed by atoms with Gasteiger partial charge in [-0.2, -0.15) is 0 Å². The molecule has 0 saturated carbocycles. The molecule has 0 aliphatic carbocycles. The zero-order valence-corrected chi connectivity index (χ0v) is 9.46. The van der Waals surface area contributed by atoms with Crippen LogP contribution in [-0.4, -0.2) is 14.0 Å². The highest BCUT2D eigenvalue weighted by molar-refractivity contribution is 6.13. The van der Waals surface area contributed by atoms with Crippen molar-refractivity contribution in [2.24, 2.45) is 7.05 Å². The van der Waals surface area contributed by atoms with Gasteiger partial charge in [-0.1, -0.05) is 12.1 Å². The molecule has 0 unspecified atom stereocenters. The average Bonchev–Trinajstić information content (AvgIpc) is 2.82. The van der Waals surface area contributed by atoms with Crippen molar-refractivity contribution in [3.63, 3.8) is 0 Å². The first-order valence-electron chi connectivity index (χ1n) is 5.64. The monoisotopic (exact) mass is 221 g/mol. The number of aromatic nitrogens is 3. The zero-order valence-electron chi connectivity index (χ0n) is 9.46. The molecule has 0 aliphatic rings. The maximum atomic E-state index is 4.43. The van der Waals surface area contributed by atoms with Crippen LogP contribution in [0.3, 0.4) is 0 Å². The molecular formula is C14H11N3. The molecule has 3 nitrogen and oxygen atoms in total. The number of hydrogen-bond donors (Lipinski definition) is 0. The predicted molar refractivity (Wildman–Crippen MR) is 69.2 cm³/mol. The Labute approximate surface area is 97.9 Å². The molecule has 0 fully saturated rings. The van der Waals surface area contributed by atoms with Crippen molar-refractivity contribution >= 4 is 27.3 Å². The van der Waals surface area contributed by atoms with E-state index in [2.05, 4.69) is 57.7 Å². The van der Waals surface area contributed by atoms with E-state index in [9.17, 15) is 0 Å². The number of hydrogen-bond acceptors (Lipinski definition) is 1. The summed E-state index contributed by atoms with van der Waals surface area (Å²) < 4.78 is 4.23. The minimum absolute atomic E-state index is 1.02. The van der Waals surface area contributed by atoms with Crippen molar-refractivity contribution in [1.82, 2.24) is 14.0 Å². The molecule has 1 aromatic carbocycles. The Kier molecular flexibility index (Phi) is 1.50. The molecule has 3 heteroatoms. The molecule has 17 heavy (non-hydrogen) atoms. The van der Waals surface area contributed by atoms with Crippen LogP contribution in [0.2, 0.25) is 0 Å². The predicted octanol–water partition coefficient (Wildman–Crippen LogP) is 2.98. The van der Waals surface area contributed by atoms with E-state index < -0.39 is 0 Å². The smallest absolute Gasteiger partial charge is 0.144 e. The van der Waals surface area contributed by atoms with Gasteiger partial charge in [0.15, 0.2) is 0 Å². The Morgan fingerprint density at radius 1 is 1.12 bits per heavy atom. The highest BCUT2D eigenvalue weighted by Gasteiger charge is 2.08. The summed E-state index contributed by atoms with van der Waals surface area (Å²) in [7, 11) is 2.07. The Morgan fingerprint density at radius 3 is 3.00 bits per heavy atom. The van der Waals surface area contributed by atoms with Gasteiger partial charge in [0, 0.05) is 53.5 Å².